The summed E-state index contributed by atoms with van der Waals surface area (Å²) in [6.07, 6.45) is 3.60. The maximum Gasteiger partial charge on any atom is 0.306 e. The average molecular weight is 262 g/mol. The summed E-state index contributed by atoms with van der Waals surface area (Å²) >= 11 is 1.23. The van der Waals surface area contributed by atoms with E-state index in [0.29, 0.717) is 5.92 Å². The molecular weight excluding hydrogens is 248 g/mol. The molecule has 5 heteroatoms. The molecule has 0 unspecified atom stereocenters. The van der Waals surface area contributed by atoms with Gasteiger partial charge in [-0.2, -0.15) is 8.75 Å². The molecule has 1 aliphatic carbocycles. The fraction of sp³-hybridized carbons (Fsp3) is 0.462. The van der Waals surface area contributed by atoms with Crippen molar-refractivity contribution >= 4 is 28.7 Å². The fourth-order valence-corrected chi connectivity index (χ4v) is 3.29. The summed E-state index contributed by atoms with van der Waals surface area (Å²) in [5.41, 5.74) is 3.13. The van der Waals surface area contributed by atoms with Crippen molar-refractivity contribution in [1.82, 2.24) is 8.75 Å². The molecule has 1 heterocycles. The minimum atomic E-state index is -0.642. The summed E-state index contributed by atoms with van der Waals surface area (Å²) in [6, 6.07) is 6.16. The smallest absolute Gasteiger partial charge is 0.306 e. The molecule has 2 aromatic rings. The molecule has 18 heavy (non-hydrogen) atoms. The van der Waals surface area contributed by atoms with E-state index in [2.05, 4.69) is 20.9 Å². The second kappa shape index (κ2) is 4.65. The topological polar surface area (TPSA) is 63.1 Å². The number of hydrogen-bond donors (Lipinski definition) is 1. The number of carboxylic acids is 1. The van der Waals surface area contributed by atoms with Crippen LogP contribution in [0, 0.1) is 11.8 Å². The van der Waals surface area contributed by atoms with Gasteiger partial charge in [-0.15, -0.1) is 0 Å². The number of benzene rings is 1. The molecule has 0 saturated heterocycles. The van der Waals surface area contributed by atoms with Crippen molar-refractivity contribution in [3.05, 3.63) is 23.8 Å². The van der Waals surface area contributed by atoms with Gasteiger partial charge in [0, 0.05) is 0 Å². The Hall–Kier alpha value is -1.49. The molecule has 0 aliphatic heterocycles. The van der Waals surface area contributed by atoms with Crippen molar-refractivity contribution in [3.8, 4) is 0 Å². The van der Waals surface area contributed by atoms with E-state index in [4.69, 9.17) is 5.11 Å². The Kier molecular flexibility index (Phi) is 2.99. The normalized spacial score (nSPS) is 23.6. The highest BCUT2D eigenvalue weighted by atomic mass is 32.1. The largest absolute Gasteiger partial charge is 0.481 e. The Morgan fingerprint density at radius 1 is 1.33 bits per heavy atom. The maximum absolute atomic E-state index is 10.9. The standard InChI is InChI=1S/C13H14N2O2S/c16-13(17)10-3-1-8(6-10)5-9-2-4-11-12(7-9)15-18-14-11/h2,4,7-8,10H,1,3,5-6H2,(H,16,17)/t8-,10+/m0/s1. The Morgan fingerprint density at radius 2 is 2.17 bits per heavy atom. The number of hydrogen-bond acceptors (Lipinski definition) is 4. The van der Waals surface area contributed by atoms with Crippen molar-refractivity contribution in [1.29, 1.82) is 0 Å². The Balaban J connectivity index is 1.71. The molecule has 1 N–H and O–H groups in total. The second-order valence-corrected chi connectivity index (χ2v) is 5.53. The van der Waals surface area contributed by atoms with Gasteiger partial charge in [0.2, 0.25) is 0 Å². The van der Waals surface area contributed by atoms with Crippen LogP contribution in [-0.4, -0.2) is 19.8 Å². The molecular formula is C13H14N2O2S. The van der Waals surface area contributed by atoms with Gasteiger partial charge in [-0.1, -0.05) is 6.07 Å². The first-order valence-corrected chi connectivity index (χ1v) is 6.89. The number of rotatable bonds is 3. The van der Waals surface area contributed by atoms with Gasteiger partial charge < -0.3 is 5.11 Å². The summed E-state index contributed by atoms with van der Waals surface area (Å²) < 4.78 is 8.41. The van der Waals surface area contributed by atoms with Crippen LogP contribution in [0.4, 0.5) is 0 Å². The molecule has 4 nitrogen and oxygen atoms in total. The molecule has 1 aliphatic rings. The molecule has 0 bridgehead atoms. The van der Waals surface area contributed by atoms with Crippen molar-refractivity contribution < 1.29 is 9.90 Å². The van der Waals surface area contributed by atoms with E-state index in [-0.39, 0.29) is 5.92 Å². The predicted octanol–water partition coefficient (Wildman–Crippen LogP) is 2.73. The fourth-order valence-electron chi connectivity index (χ4n) is 2.77. The number of fused-ring (bicyclic) bond motifs is 1. The van der Waals surface area contributed by atoms with Crippen LogP contribution < -0.4 is 0 Å². The number of aliphatic carboxylic acids is 1. The quantitative estimate of drug-likeness (QED) is 0.923. The van der Waals surface area contributed by atoms with E-state index in [1.807, 2.05) is 6.07 Å². The summed E-state index contributed by atoms with van der Waals surface area (Å²) in [4.78, 5) is 10.9. The summed E-state index contributed by atoms with van der Waals surface area (Å²) in [6.45, 7) is 0. The van der Waals surface area contributed by atoms with E-state index in [1.165, 1.54) is 17.3 Å². The molecule has 94 valence electrons. The van der Waals surface area contributed by atoms with Crippen molar-refractivity contribution in [2.45, 2.75) is 25.7 Å². The third-order valence-corrected chi connectivity index (χ3v) is 4.29. The molecule has 0 spiro atoms. The summed E-state index contributed by atoms with van der Waals surface area (Å²) in [7, 11) is 0. The van der Waals surface area contributed by atoms with Gasteiger partial charge in [0.05, 0.1) is 17.6 Å². The number of carboxylic acid groups (broad SMARTS) is 1. The molecule has 0 amide bonds. The molecule has 3 rings (SSSR count). The summed E-state index contributed by atoms with van der Waals surface area (Å²) in [5, 5.41) is 8.99. The molecule has 1 aromatic heterocycles. The van der Waals surface area contributed by atoms with Crippen LogP contribution in [0.15, 0.2) is 18.2 Å². The molecule has 1 saturated carbocycles. The van der Waals surface area contributed by atoms with Crippen LogP contribution in [-0.2, 0) is 11.2 Å². The first kappa shape index (κ1) is 11.6. The van der Waals surface area contributed by atoms with E-state index in [0.717, 1.165) is 36.7 Å². The van der Waals surface area contributed by atoms with Crippen molar-refractivity contribution in [2.24, 2.45) is 11.8 Å². The molecule has 0 radical (unpaired) electrons. The Bertz CT molecular complexity index is 581. The second-order valence-electron chi connectivity index (χ2n) is 5.01. The highest BCUT2D eigenvalue weighted by molar-refractivity contribution is 7.00. The van der Waals surface area contributed by atoms with Gasteiger partial charge in [0.25, 0.3) is 0 Å². The van der Waals surface area contributed by atoms with Gasteiger partial charge in [-0.25, -0.2) is 0 Å². The molecule has 2 atom stereocenters. The van der Waals surface area contributed by atoms with Crippen molar-refractivity contribution in [2.75, 3.05) is 0 Å². The van der Waals surface area contributed by atoms with E-state index in [1.54, 1.807) is 0 Å². The Morgan fingerprint density at radius 3 is 2.94 bits per heavy atom. The first-order valence-electron chi connectivity index (χ1n) is 6.16. The van der Waals surface area contributed by atoms with E-state index >= 15 is 0 Å². The first-order chi connectivity index (χ1) is 8.72. The van der Waals surface area contributed by atoms with E-state index in [9.17, 15) is 4.79 Å². The zero-order valence-corrected chi connectivity index (χ0v) is 10.7. The zero-order valence-electron chi connectivity index (χ0n) is 9.87. The monoisotopic (exact) mass is 262 g/mol. The maximum atomic E-state index is 10.9. The number of aromatic nitrogens is 2. The highest BCUT2D eigenvalue weighted by Gasteiger charge is 2.29. The Labute approximate surface area is 109 Å². The minimum absolute atomic E-state index is 0.139. The van der Waals surface area contributed by atoms with Gasteiger partial charge in [-0.05, 0) is 49.3 Å². The number of nitrogens with zero attached hydrogens (tertiary/aromatic N) is 2. The lowest BCUT2D eigenvalue weighted by Gasteiger charge is -2.09. The molecule has 1 fully saturated rings. The highest BCUT2D eigenvalue weighted by Crippen LogP contribution is 2.33. The third kappa shape index (κ3) is 2.22. The van der Waals surface area contributed by atoms with Gasteiger partial charge >= 0.3 is 5.97 Å². The third-order valence-electron chi connectivity index (χ3n) is 3.73. The summed E-state index contributed by atoms with van der Waals surface area (Å²) in [5.74, 6) is -0.286. The minimum Gasteiger partial charge on any atom is -0.481 e. The van der Waals surface area contributed by atoms with Gasteiger partial charge in [-0.3, -0.25) is 4.79 Å². The lowest BCUT2D eigenvalue weighted by molar-refractivity contribution is -0.141. The van der Waals surface area contributed by atoms with Gasteiger partial charge in [0.15, 0.2) is 0 Å². The molecule has 1 aromatic carbocycles. The van der Waals surface area contributed by atoms with Crippen LogP contribution in [0.3, 0.4) is 0 Å². The van der Waals surface area contributed by atoms with Gasteiger partial charge in [0.1, 0.15) is 11.0 Å². The predicted molar refractivity (Wildman–Crippen MR) is 69.6 cm³/mol. The van der Waals surface area contributed by atoms with Crippen LogP contribution in [0.1, 0.15) is 24.8 Å². The average Bonchev–Trinajstić information content (AvgIpc) is 2.96. The lowest BCUT2D eigenvalue weighted by Crippen LogP contribution is -2.10. The number of carbonyl (C=O) groups is 1. The zero-order chi connectivity index (χ0) is 12.5. The van der Waals surface area contributed by atoms with Crippen molar-refractivity contribution in [3.63, 3.8) is 0 Å². The SMILES string of the molecule is O=C(O)[C@@H]1CC[C@@H](Cc2ccc3nsnc3c2)C1. The van der Waals surface area contributed by atoms with Crippen LogP contribution in [0.5, 0.6) is 0 Å². The van der Waals surface area contributed by atoms with Crippen LogP contribution >= 0.6 is 11.7 Å². The van der Waals surface area contributed by atoms with E-state index < -0.39 is 5.97 Å². The van der Waals surface area contributed by atoms with Crippen LogP contribution in [0.25, 0.3) is 11.0 Å². The lowest BCUT2D eigenvalue weighted by atomic mass is 9.96. The van der Waals surface area contributed by atoms with Crippen LogP contribution in [0.2, 0.25) is 0 Å².